The van der Waals surface area contributed by atoms with Crippen LogP contribution in [-0.2, 0) is 0 Å². The first-order chi connectivity index (χ1) is 12.2. The molecule has 0 amide bonds. The highest BCUT2D eigenvalue weighted by Crippen LogP contribution is 2.28. The average Bonchev–Trinajstić information content (AvgIpc) is 3.28. The Labute approximate surface area is 146 Å². The molecule has 0 saturated heterocycles. The van der Waals surface area contributed by atoms with Crippen molar-refractivity contribution in [3.63, 3.8) is 0 Å². The van der Waals surface area contributed by atoms with Crippen LogP contribution in [0.4, 0.5) is 10.9 Å². The Bertz CT molecular complexity index is 889. The molecule has 0 atom stereocenters. The van der Waals surface area contributed by atoms with Gasteiger partial charge in [-0.25, -0.2) is 9.78 Å². The lowest BCUT2D eigenvalue weighted by Crippen LogP contribution is -2.08. The number of hydrazone groups is 1. The number of furan rings is 1. The number of benzene rings is 1. The van der Waals surface area contributed by atoms with E-state index in [2.05, 4.69) is 15.5 Å². The summed E-state index contributed by atoms with van der Waals surface area (Å²) in [6, 6.07) is 8.16. The van der Waals surface area contributed by atoms with Crippen molar-refractivity contribution >= 4 is 34.5 Å². The lowest BCUT2D eigenvalue weighted by atomic mass is 10.2. The van der Waals surface area contributed by atoms with E-state index in [1.165, 1.54) is 30.8 Å². The van der Waals surface area contributed by atoms with Crippen LogP contribution in [0.25, 0.3) is 0 Å². The maximum atomic E-state index is 11.9. The molecule has 0 aliphatic heterocycles. The zero-order chi connectivity index (χ0) is 17.6. The summed E-state index contributed by atoms with van der Waals surface area (Å²) in [6.45, 7) is 0. The standard InChI is InChI=1S/C16H14N4O4S/c1-22-13-7-10(8-18-20-16-19-14(17)9-25-16)4-5-11(13)24-15(21)12-3-2-6-23-12/h2-9H,17H2,1H3,(H,19,20). The van der Waals surface area contributed by atoms with Crippen LogP contribution in [-0.4, -0.2) is 24.3 Å². The Morgan fingerprint density at radius 1 is 1.40 bits per heavy atom. The number of methoxy groups -OCH3 is 1. The fourth-order valence-electron chi connectivity index (χ4n) is 1.89. The molecule has 0 spiro atoms. The highest BCUT2D eigenvalue weighted by atomic mass is 32.1. The van der Waals surface area contributed by atoms with Gasteiger partial charge in [-0.05, 0) is 35.9 Å². The number of rotatable bonds is 6. The van der Waals surface area contributed by atoms with Gasteiger partial charge in [-0.2, -0.15) is 5.10 Å². The molecule has 0 bridgehead atoms. The van der Waals surface area contributed by atoms with Crippen molar-refractivity contribution in [1.29, 1.82) is 0 Å². The number of thiazole rings is 1. The maximum absolute atomic E-state index is 11.9. The Balaban J connectivity index is 1.69. The van der Waals surface area contributed by atoms with E-state index in [9.17, 15) is 4.79 Å². The number of nitrogens with one attached hydrogen (secondary N) is 1. The summed E-state index contributed by atoms with van der Waals surface area (Å²) < 4.78 is 15.5. The number of aromatic nitrogens is 1. The van der Waals surface area contributed by atoms with E-state index < -0.39 is 5.97 Å². The Hall–Kier alpha value is -3.33. The zero-order valence-electron chi connectivity index (χ0n) is 13.1. The van der Waals surface area contributed by atoms with Gasteiger partial charge in [0.05, 0.1) is 19.6 Å². The number of hydrogen-bond donors (Lipinski definition) is 2. The van der Waals surface area contributed by atoms with Gasteiger partial charge >= 0.3 is 5.97 Å². The third kappa shape index (κ3) is 4.15. The molecule has 0 unspecified atom stereocenters. The minimum Gasteiger partial charge on any atom is -0.493 e. The van der Waals surface area contributed by atoms with Crippen LogP contribution in [0, 0.1) is 0 Å². The summed E-state index contributed by atoms with van der Waals surface area (Å²) in [5.74, 6) is 0.614. The van der Waals surface area contributed by atoms with E-state index in [1.54, 1.807) is 35.9 Å². The Morgan fingerprint density at radius 3 is 2.96 bits per heavy atom. The van der Waals surface area contributed by atoms with Crippen molar-refractivity contribution in [2.45, 2.75) is 0 Å². The molecule has 9 heteroatoms. The molecule has 3 aromatic rings. The van der Waals surface area contributed by atoms with E-state index in [4.69, 9.17) is 19.6 Å². The number of carbonyl (C=O) groups excluding carboxylic acids is 1. The summed E-state index contributed by atoms with van der Waals surface area (Å²) in [4.78, 5) is 16.0. The van der Waals surface area contributed by atoms with E-state index in [1.807, 2.05) is 0 Å². The molecule has 1 aromatic carbocycles. The van der Waals surface area contributed by atoms with Crippen LogP contribution in [0.1, 0.15) is 16.1 Å². The zero-order valence-corrected chi connectivity index (χ0v) is 13.9. The number of nitrogen functional groups attached to an aromatic ring is 1. The number of esters is 1. The number of carbonyl (C=O) groups is 1. The molecule has 0 aliphatic rings. The first-order valence-corrected chi connectivity index (χ1v) is 7.97. The Morgan fingerprint density at radius 2 is 2.28 bits per heavy atom. The summed E-state index contributed by atoms with van der Waals surface area (Å²) in [5.41, 5.74) is 9.05. The first kappa shape index (κ1) is 16.5. The number of nitrogens with zero attached hydrogens (tertiary/aromatic N) is 2. The van der Waals surface area contributed by atoms with E-state index in [0.717, 1.165) is 5.56 Å². The molecular weight excluding hydrogens is 344 g/mol. The lowest BCUT2D eigenvalue weighted by molar-refractivity contribution is 0.0696. The molecular formula is C16H14N4O4S. The molecule has 0 radical (unpaired) electrons. The van der Waals surface area contributed by atoms with Crippen LogP contribution in [0.5, 0.6) is 11.5 Å². The quantitative estimate of drug-likeness (QED) is 0.301. The predicted molar refractivity (Wildman–Crippen MR) is 94.4 cm³/mol. The largest absolute Gasteiger partial charge is 0.493 e. The molecule has 2 aromatic heterocycles. The molecule has 2 heterocycles. The smallest absolute Gasteiger partial charge is 0.379 e. The number of ether oxygens (including phenoxy) is 2. The van der Waals surface area contributed by atoms with Gasteiger partial charge in [-0.3, -0.25) is 5.43 Å². The van der Waals surface area contributed by atoms with Crippen molar-refractivity contribution in [2.24, 2.45) is 5.10 Å². The SMILES string of the molecule is COc1cc(C=NNc2nc(N)cs2)ccc1OC(=O)c1ccco1. The number of hydrogen-bond acceptors (Lipinski definition) is 9. The fourth-order valence-corrected chi connectivity index (χ4v) is 2.44. The van der Waals surface area contributed by atoms with Crippen molar-refractivity contribution in [1.82, 2.24) is 4.98 Å². The molecule has 128 valence electrons. The minimum atomic E-state index is -0.604. The predicted octanol–water partition coefficient (Wildman–Crippen LogP) is 2.99. The summed E-state index contributed by atoms with van der Waals surface area (Å²) in [6.07, 6.45) is 2.98. The van der Waals surface area contributed by atoms with Gasteiger partial charge in [0, 0.05) is 5.38 Å². The highest BCUT2D eigenvalue weighted by molar-refractivity contribution is 7.14. The average molecular weight is 358 g/mol. The van der Waals surface area contributed by atoms with E-state index in [0.29, 0.717) is 16.7 Å². The van der Waals surface area contributed by atoms with E-state index >= 15 is 0 Å². The highest BCUT2D eigenvalue weighted by Gasteiger charge is 2.14. The maximum Gasteiger partial charge on any atom is 0.379 e. The third-order valence-electron chi connectivity index (χ3n) is 3.01. The van der Waals surface area contributed by atoms with Crippen LogP contribution in [0.15, 0.2) is 51.5 Å². The van der Waals surface area contributed by atoms with Gasteiger partial charge in [0.15, 0.2) is 11.5 Å². The molecule has 3 rings (SSSR count). The van der Waals surface area contributed by atoms with Crippen molar-refractivity contribution in [3.05, 3.63) is 53.3 Å². The number of anilines is 2. The normalized spacial score (nSPS) is 10.8. The van der Waals surface area contributed by atoms with Gasteiger partial charge in [-0.1, -0.05) is 0 Å². The molecule has 0 saturated carbocycles. The number of nitrogens with two attached hydrogens (primary N) is 1. The molecule has 8 nitrogen and oxygen atoms in total. The van der Waals surface area contributed by atoms with Crippen molar-refractivity contribution < 1.29 is 18.7 Å². The summed E-state index contributed by atoms with van der Waals surface area (Å²) >= 11 is 1.35. The van der Waals surface area contributed by atoms with Gasteiger partial charge in [-0.15, -0.1) is 11.3 Å². The second kappa shape index (κ2) is 7.49. The lowest BCUT2D eigenvalue weighted by Gasteiger charge is -2.08. The van der Waals surface area contributed by atoms with Crippen LogP contribution in [0.3, 0.4) is 0 Å². The van der Waals surface area contributed by atoms with Crippen LogP contribution < -0.4 is 20.6 Å². The summed E-state index contributed by atoms with van der Waals surface area (Å²) in [5, 5.41) is 6.37. The topological polar surface area (TPSA) is 112 Å². The monoisotopic (exact) mass is 358 g/mol. The van der Waals surface area contributed by atoms with Gasteiger partial charge in [0.1, 0.15) is 5.82 Å². The second-order valence-corrected chi connectivity index (χ2v) is 5.58. The minimum absolute atomic E-state index is 0.111. The van der Waals surface area contributed by atoms with Gasteiger partial charge < -0.3 is 19.6 Å². The van der Waals surface area contributed by atoms with Gasteiger partial charge in [0.25, 0.3) is 0 Å². The van der Waals surface area contributed by atoms with Crippen molar-refractivity contribution in [2.75, 3.05) is 18.3 Å². The van der Waals surface area contributed by atoms with Crippen LogP contribution >= 0.6 is 11.3 Å². The summed E-state index contributed by atoms with van der Waals surface area (Å²) in [7, 11) is 1.48. The second-order valence-electron chi connectivity index (χ2n) is 4.72. The Kier molecular flexibility index (Phi) is 4.95. The van der Waals surface area contributed by atoms with Gasteiger partial charge in [0.2, 0.25) is 10.9 Å². The molecule has 0 aliphatic carbocycles. The molecule has 25 heavy (non-hydrogen) atoms. The molecule has 3 N–H and O–H groups in total. The molecule has 0 fully saturated rings. The fraction of sp³-hybridized carbons (Fsp3) is 0.0625. The van der Waals surface area contributed by atoms with E-state index in [-0.39, 0.29) is 11.5 Å². The van der Waals surface area contributed by atoms with Crippen molar-refractivity contribution in [3.8, 4) is 11.5 Å². The first-order valence-electron chi connectivity index (χ1n) is 7.09. The third-order valence-corrected chi connectivity index (χ3v) is 3.77. The van der Waals surface area contributed by atoms with Crippen LogP contribution in [0.2, 0.25) is 0 Å².